The summed E-state index contributed by atoms with van der Waals surface area (Å²) in [7, 11) is 0. The predicted molar refractivity (Wildman–Crippen MR) is 98.8 cm³/mol. The van der Waals surface area contributed by atoms with Gasteiger partial charge in [-0.2, -0.15) is 0 Å². The Labute approximate surface area is 158 Å². The van der Waals surface area contributed by atoms with E-state index in [2.05, 4.69) is 10.6 Å². The molecule has 142 valence electrons. The van der Waals surface area contributed by atoms with Gasteiger partial charge in [-0.15, -0.1) is 11.6 Å². The fraction of sp³-hybridized carbons (Fsp3) is 0.579. The highest BCUT2D eigenvalue weighted by molar-refractivity contribution is 6.27. The molecule has 2 N–H and O–H groups in total. The van der Waals surface area contributed by atoms with Crippen molar-refractivity contribution in [3.63, 3.8) is 0 Å². The third kappa shape index (κ3) is 5.04. The number of alkyl halides is 1. The molecule has 0 bridgehead atoms. The molecule has 0 aromatic heterocycles. The second-order valence-electron chi connectivity index (χ2n) is 6.84. The number of hydrogen-bond acceptors (Lipinski definition) is 4. The van der Waals surface area contributed by atoms with Crippen LogP contribution in [0.2, 0.25) is 0 Å². The molecule has 1 heterocycles. The molecule has 0 spiro atoms. The fourth-order valence-corrected chi connectivity index (χ4v) is 3.64. The van der Waals surface area contributed by atoms with Gasteiger partial charge in [-0.25, -0.2) is 0 Å². The summed E-state index contributed by atoms with van der Waals surface area (Å²) < 4.78 is 11.2. The maximum Gasteiger partial charge on any atom is 0.234 e. The first-order chi connectivity index (χ1) is 12.7. The molecule has 1 saturated carbocycles. The SMILES string of the molecule is O=C(CCl)NCC1CCC(NC(=O)Cc2cccc3c2OCCO3)CC1. The van der Waals surface area contributed by atoms with Crippen LogP contribution >= 0.6 is 11.6 Å². The van der Waals surface area contributed by atoms with Crippen LogP contribution in [0.15, 0.2) is 18.2 Å². The summed E-state index contributed by atoms with van der Waals surface area (Å²) in [5.74, 6) is 1.74. The average Bonchev–Trinajstić information content (AvgIpc) is 2.67. The number of nitrogens with one attached hydrogen (secondary N) is 2. The van der Waals surface area contributed by atoms with Crippen LogP contribution in [0.1, 0.15) is 31.2 Å². The summed E-state index contributed by atoms with van der Waals surface area (Å²) in [5, 5.41) is 5.96. The van der Waals surface area contributed by atoms with Crippen LogP contribution in [0.5, 0.6) is 11.5 Å². The Bertz CT molecular complexity index is 644. The van der Waals surface area contributed by atoms with Gasteiger partial charge in [0.1, 0.15) is 19.1 Å². The first-order valence-corrected chi connectivity index (χ1v) is 9.68. The molecule has 1 fully saturated rings. The number of ether oxygens (including phenoxy) is 2. The standard InChI is InChI=1S/C19H25ClN2O4/c20-11-18(24)21-12-13-4-6-15(7-5-13)22-17(23)10-14-2-1-3-16-19(14)26-9-8-25-16/h1-3,13,15H,4-12H2,(H,21,24)(H,22,23). The molecule has 0 atom stereocenters. The lowest BCUT2D eigenvalue weighted by atomic mass is 9.86. The summed E-state index contributed by atoms with van der Waals surface area (Å²) in [4.78, 5) is 23.6. The fourth-order valence-electron chi connectivity index (χ4n) is 3.54. The summed E-state index contributed by atoms with van der Waals surface area (Å²) in [6, 6.07) is 5.85. The van der Waals surface area contributed by atoms with E-state index >= 15 is 0 Å². The molecule has 0 saturated heterocycles. The molecular formula is C19H25ClN2O4. The third-order valence-electron chi connectivity index (χ3n) is 4.92. The van der Waals surface area contributed by atoms with E-state index in [0.717, 1.165) is 31.2 Å². The van der Waals surface area contributed by atoms with Gasteiger partial charge in [0, 0.05) is 18.2 Å². The van der Waals surface area contributed by atoms with E-state index in [-0.39, 0.29) is 30.2 Å². The molecule has 7 heteroatoms. The maximum atomic E-state index is 12.4. The maximum absolute atomic E-state index is 12.4. The number of halogens is 1. The Kier molecular flexibility index (Phi) is 6.61. The summed E-state index contributed by atoms with van der Waals surface area (Å²) in [6.07, 6.45) is 4.13. The number of fused-ring (bicyclic) bond motifs is 1. The minimum Gasteiger partial charge on any atom is -0.486 e. The van der Waals surface area contributed by atoms with Crippen molar-refractivity contribution in [3.8, 4) is 11.5 Å². The quantitative estimate of drug-likeness (QED) is 0.740. The van der Waals surface area contributed by atoms with Crippen molar-refractivity contribution in [2.45, 2.75) is 38.1 Å². The van der Waals surface area contributed by atoms with Gasteiger partial charge >= 0.3 is 0 Å². The molecule has 2 amide bonds. The number of amides is 2. The van der Waals surface area contributed by atoms with Crippen molar-refractivity contribution >= 4 is 23.4 Å². The molecule has 2 aliphatic rings. The van der Waals surface area contributed by atoms with Gasteiger partial charge < -0.3 is 20.1 Å². The van der Waals surface area contributed by atoms with Crippen LogP contribution in [0.3, 0.4) is 0 Å². The number of para-hydroxylation sites is 1. The van der Waals surface area contributed by atoms with Crippen LogP contribution in [-0.4, -0.2) is 43.5 Å². The monoisotopic (exact) mass is 380 g/mol. The van der Waals surface area contributed by atoms with Crippen LogP contribution < -0.4 is 20.1 Å². The second-order valence-corrected chi connectivity index (χ2v) is 7.11. The third-order valence-corrected chi connectivity index (χ3v) is 5.16. The van der Waals surface area contributed by atoms with Crippen molar-refractivity contribution in [1.82, 2.24) is 10.6 Å². The van der Waals surface area contributed by atoms with E-state index in [0.29, 0.717) is 37.2 Å². The van der Waals surface area contributed by atoms with Gasteiger partial charge in [-0.05, 0) is 37.7 Å². The van der Waals surface area contributed by atoms with E-state index in [1.165, 1.54) is 0 Å². The molecular weight excluding hydrogens is 356 g/mol. The Morgan fingerprint density at radius 1 is 1.08 bits per heavy atom. The van der Waals surface area contributed by atoms with Crippen molar-refractivity contribution in [3.05, 3.63) is 23.8 Å². The molecule has 0 unspecified atom stereocenters. The molecule has 6 nitrogen and oxygen atoms in total. The Morgan fingerprint density at radius 3 is 2.62 bits per heavy atom. The van der Waals surface area contributed by atoms with Crippen molar-refractivity contribution in [2.24, 2.45) is 5.92 Å². The number of carbonyl (C=O) groups is 2. The largest absolute Gasteiger partial charge is 0.486 e. The lowest BCUT2D eigenvalue weighted by molar-refractivity contribution is -0.121. The highest BCUT2D eigenvalue weighted by atomic mass is 35.5. The van der Waals surface area contributed by atoms with E-state index in [1.807, 2.05) is 18.2 Å². The van der Waals surface area contributed by atoms with Crippen LogP contribution in [0.25, 0.3) is 0 Å². The average molecular weight is 381 g/mol. The Balaban J connectivity index is 1.44. The smallest absolute Gasteiger partial charge is 0.234 e. The number of hydrogen-bond donors (Lipinski definition) is 2. The van der Waals surface area contributed by atoms with Gasteiger partial charge in [0.15, 0.2) is 11.5 Å². The van der Waals surface area contributed by atoms with E-state index in [1.54, 1.807) is 0 Å². The molecule has 1 aliphatic carbocycles. The number of carbonyl (C=O) groups excluding carboxylic acids is 2. The molecule has 1 aliphatic heterocycles. The first kappa shape index (κ1) is 18.8. The highest BCUT2D eigenvalue weighted by Gasteiger charge is 2.24. The predicted octanol–water partition coefficient (Wildman–Crippen LogP) is 2.03. The lowest BCUT2D eigenvalue weighted by Crippen LogP contribution is -2.40. The molecule has 3 rings (SSSR count). The molecule has 1 aromatic carbocycles. The van der Waals surface area contributed by atoms with Gasteiger partial charge in [-0.1, -0.05) is 12.1 Å². The van der Waals surface area contributed by atoms with Crippen LogP contribution in [0.4, 0.5) is 0 Å². The van der Waals surface area contributed by atoms with Crippen molar-refractivity contribution in [1.29, 1.82) is 0 Å². The zero-order valence-corrected chi connectivity index (χ0v) is 15.5. The van der Waals surface area contributed by atoms with Crippen molar-refractivity contribution < 1.29 is 19.1 Å². The zero-order chi connectivity index (χ0) is 18.4. The van der Waals surface area contributed by atoms with Crippen LogP contribution in [0, 0.1) is 5.92 Å². The molecule has 0 radical (unpaired) electrons. The Hall–Kier alpha value is -1.95. The highest BCUT2D eigenvalue weighted by Crippen LogP contribution is 2.34. The molecule has 26 heavy (non-hydrogen) atoms. The van der Waals surface area contributed by atoms with E-state index in [9.17, 15) is 9.59 Å². The minimum absolute atomic E-state index is 0.00332. The van der Waals surface area contributed by atoms with E-state index in [4.69, 9.17) is 21.1 Å². The van der Waals surface area contributed by atoms with E-state index < -0.39 is 0 Å². The van der Waals surface area contributed by atoms with Gasteiger partial charge in [0.2, 0.25) is 11.8 Å². The second kappa shape index (κ2) is 9.12. The summed E-state index contributed by atoms with van der Waals surface area (Å²) >= 11 is 5.48. The van der Waals surface area contributed by atoms with Crippen LogP contribution in [-0.2, 0) is 16.0 Å². The van der Waals surface area contributed by atoms with Gasteiger partial charge in [0.25, 0.3) is 0 Å². The lowest BCUT2D eigenvalue weighted by Gasteiger charge is -2.29. The summed E-state index contributed by atoms with van der Waals surface area (Å²) in [5.41, 5.74) is 0.858. The van der Waals surface area contributed by atoms with Crippen molar-refractivity contribution in [2.75, 3.05) is 25.6 Å². The minimum atomic E-state index is -0.125. The zero-order valence-electron chi connectivity index (χ0n) is 14.8. The topological polar surface area (TPSA) is 76.7 Å². The number of benzene rings is 1. The summed E-state index contributed by atoms with van der Waals surface area (Å²) in [6.45, 7) is 1.72. The first-order valence-electron chi connectivity index (χ1n) is 9.15. The van der Waals surface area contributed by atoms with Gasteiger partial charge in [-0.3, -0.25) is 9.59 Å². The molecule has 1 aromatic rings. The van der Waals surface area contributed by atoms with Gasteiger partial charge in [0.05, 0.1) is 6.42 Å². The normalized spacial score (nSPS) is 21.7. The number of rotatable bonds is 6. The Morgan fingerprint density at radius 2 is 1.85 bits per heavy atom.